The lowest BCUT2D eigenvalue weighted by molar-refractivity contribution is -0.155. The standard InChI is InChI=1S/C23H34N2O7S/c1-16(2)20(25-22(28)31-15-17-10-8-7-9-11-17)21(27)24-18(12-13-33(6,29)30)14-19(26)32-23(3,4)5/h7-13,16,18,20H,14-15H2,1-6H3,(H,24,27)(H,25,28). The lowest BCUT2D eigenvalue weighted by atomic mass is 10.0. The van der Waals surface area contributed by atoms with Crippen molar-refractivity contribution in [3.63, 3.8) is 0 Å². The zero-order valence-corrected chi connectivity index (χ0v) is 20.8. The first-order valence-corrected chi connectivity index (χ1v) is 12.5. The predicted octanol–water partition coefficient (Wildman–Crippen LogP) is 2.71. The Balaban J connectivity index is 2.86. The summed E-state index contributed by atoms with van der Waals surface area (Å²) >= 11 is 0. The Morgan fingerprint density at radius 1 is 1.06 bits per heavy atom. The number of amides is 2. The Morgan fingerprint density at radius 3 is 2.18 bits per heavy atom. The van der Waals surface area contributed by atoms with Crippen molar-refractivity contribution in [1.82, 2.24) is 10.6 Å². The van der Waals surface area contributed by atoms with Crippen LogP contribution < -0.4 is 10.6 Å². The van der Waals surface area contributed by atoms with E-state index in [1.54, 1.807) is 46.8 Å². The van der Waals surface area contributed by atoms with Crippen molar-refractivity contribution < 1.29 is 32.3 Å². The summed E-state index contributed by atoms with van der Waals surface area (Å²) in [6, 6.07) is 7.15. The van der Waals surface area contributed by atoms with E-state index in [-0.39, 0.29) is 18.9 Å². The Kier molecular flexibility index (Phi) is 10.6. The highest BCUT2D eigenvalue weighted by Gasteiger charge is 2.28. The number of esters is 1. The highest BCUT2D eigenvalue weighted by Crippen LogP contribution is 2.11. The molecule has 9 nitrogen and oxygen atoms in total. The first-order valence-electron chi connectivity index (χ1n) is 10.5. The summed E-state index contributed by atoms with van der Waals surface area (Å²) in [6.45, 7) is 8.60. The number of carbonyl (C=O) groups is 3. The number of sulfone groups is 1. The molecule has 184 valence electrons. The van der Waals surface area contributed by atoms with Crippen LogP contribution >= 0.6 is 0 Å². The molecule has 0 aliphatic carbocycles. The van der Waals surface area contributed by atoms with Crippen molar-refractivity contribution >= 4 is 27.8 Å². The first kappa shape index (κ1) is 28.2. The normalized spacial score (nSPS) is 13.9. The molecule has 0 fully saturated rings. The van der Waals surface area contributed by atoms with Crippen LogP contribution in [0.3, 0.4) is 0 Å². The lowest BCUT2D eigenvalue weighted by Crippen LogP contribution is -2.52. The molecule has 0 aliphatic rings. The lowest BCUT2D eigenvalue weighted by Gasteiger charge is -2.25. The van der Waals surface area contributed by atoms with Gasteiger partial charge in [0.1, 0.15) is 18.2 Å². The highest BCUT2D eigenvalue weighted by molar-refractivity contribution is 7.93. The van der Waals surface area contributed by atoms with Crippen LogP contribution in [0.5, 0.6) is 0 Å². The number of rotatable bonds is 10. The van der Waals surface area contributed by atoms with Gasteiger partial charge in [0.2, 0.25) is 5.91 Å². The molecule has 0 spiro atoms. The Labute approximate surface area is 195 Å². The van der Waals surface area contributed by atoms with Crippen molar-refractivity contribution in [3.8, 4) is 0 Å². The van der Waals surface area contributed by atoms with Gasteiger partial charge >= 0.3 is 12.1 Å². The number of benzene rings is 1. The quantitative estimate of drug-likeness (QED) is 0.491. The Hall–Kier alpha value is -2.88. The van der Waals surface area contributed by atoms with Crippen LogP contribution in [-0.4, -0.2) is 50.3 Å². The molecule has 0 saturated carbocycles. The van der Waals surface area contributed by atoms with Gasteiger partial charge in [-0.1, -0.05) is 50.3 Å². The van der Waals surface area contributed by atoms with Crippen molar-refractivity contribution in [2.24, 2.45) is 5.92 Å². The fourth-order valence-electron chi connectivity index (χ4n) is 2.67. The third-order valence-electron chi connectivity index (χ3n) is 4.13. The maximum absolute atomic E-state index is 12.9. The second-order valence-electron chi connectivity index (χ2n) is 8.99. The van der Waals surface area contributed by atoms with E-state index in [2.05, 4.69) is 10.6 Å². The fraction of sp³-hybridized carbons (Fsp3) is 0.522. The molecular formula is C23H34N2O7S. The first-order chi connectivity index (χ1) is 15.2. The van der Waals surface area contributed by atoms with E-state index in [1.807, 2.05) is 18.2 Å². The second kappa shape index (κ2) is 12.4. The summed E-state index contributed by atoms with van der Waals surface area (Å²) < 4.78 is 33.5. The molecule has 2 N–H and O–H groups in total. The minimum atomic E-state index is -3.49. The third-order valence-corrected chi connectivity index (χ3v) is 4.78. The molecule has 0 aromatic heterocycles. The smallest absolute Gasteiger partial charge is 0.408 e. The number of hydrogen-bond donors (Lipinski definition) is 2. The van der Waals surface area contributed by atoms with Crippen LogP contribution in [0, 0.1) is 5.92 Å². The zero-order valence-electron chi connectivity index (χ0n) is 20.0. The van der Waals surface area contributed by atoms with Gasteiger partial charge in [0.05, 0.1) is 12.5 Å². The molecule has 0 bridgehead atoms. The number of carbonyl (C=O) groups excluding carboxylic acids is 3. The van der Waals surface area contributed by atoms with Crippen molar-refractivity contribution in [3.05, 3.63) is 47.4 Å². The fourth-order valence-corrected chi connectivity index (χ4v) is 3.14. The van der Waals surface area contributed by atoms with E-state index < -0.39 is 45.5 Å². The van der Waals surface area contributed by atoms with Crippen LogP contribution in [0.4, 0.5) is 4.79 Å². The number of nitrogens with one attached hydrogen (secondary N) is 2. The van der Waals surface area contributed by atoms with Crippen molar-refractivity contribution in [1.29, 1.82) is 0 Å². The van der Waals surface area contributed by atoms with Crippen LogP contribution in [0.25, 0.3) is 0 Å². The van der Waals surface area contributed by atoms with E-state index in [1.165, 1.54) is 6.08 Å². The van der Waals surface area contributed by atoms with Gasteiger partial charge in [-0.25, -0.2) is 13.2 Å². The summed E-state index contributed by atoms with van der Waals surface area (Å²) in [5.41, 5.74) is 0.0537. The molecular weight excluding hydrogens is 448 g/mol. The molecule has 1 rings (SSSR count). The minimum Gasteiger partial charge on any atom is -0.460 e. The molecule has 33 heavy (non-hydrogen) atoms. The zero-order chi connectivity index (χ0) is 25.2. The summed E-state index contributed by atoms with van der Waals surface area (Å²) in [4.78, 5) is 37.3. The van der Waals surface area contributed by atoms with Gasteiger partial charge in [0.25, 0.3) is 0 Å². The van der Waals surface area contributed by atoms with Crippen LogP contribution in [0.2, 0.25) is 0 Å². The Bertz CT molecular complexity index is 935. The molecule has 1 aromatic carbocycles. The number of ether oxygens (including phenoxy) is 2. The minimum absolute atomic E-state index is 0.0392. The largest absolute Gasteiger partial charge is 0.460 e. The monoisotopic (exact) mass is 482 g/mol. The van der Waals surface area contributed by atoms with Crippen molar-refractivity contribution in [2.45, 2.75) is 65.3 Å². The maximum atomic E-state index is 12.9. The van der Waals surface area contributed by atoms with E-state index in [0.717, 1.165) is 17.2 Å². The average Bonchev–Trinajstić information content (AvgIpc) is 2.67. The van der Waals surface area contributed by atoms with E-state index in [4.69, 9.17) is 9.47 Å². The molecule has 10 heteroatoms. The van der Waals surface area contributed by atoms with Gasteiger partial charge < -0.3 is 20.1 Å². The summed E-state index contributed by atoms with van der Waals surface area (Å²) in [5, 5.41) is 6.04. The SMILES string of the molecule is CC(C)C(NC(=O)OCc1ccccc1)C(=O)NC(C=CS(C)(=O)=O)CC(=O)OC(C)(C)C. The Morgan fingerprint density at radius 2 is 1.67 bits per heavy atom. The van der Waals surface area contributed by atoms with Crippen LogP contribution in [0.15, 0.2) is 41.8 Å². The van der Waals surface area contributed by atoms with Crippen molar-refractivity contribution in [2.75, 3.05) is 6.26 Å². The summed E-state index contributed by atoms with van der Waals surface area (Å²) in [5.74, 6) is -1.51. The van der Waals surface area contributed by atoms with Gasteiger partial charge in [-0.2, -0.15) is 0 Å². The molecule has 1 aromatic rings. The average molecular weight is 483 g/mol. The van der Waals surface area contributed by atoms with Crippen LogP contribution in [0.1, 0.15) is 46.6 Å². The third kappa shape index (κ3) is 12.7. The molecule has 0 saturated heterocycles. The van der Waals surface area contributed by atoms with Gasteiger partial charge in [-0.3, -0.25) is 9.59 Å². The number of alkyl carbamates (subject to hydrolysis) is 1. The summed E-state index contributed by atoms with van der Waals surface area (Å²) in [6.07, 6.45) is 1.15. The van der Waals surface area contributed by atoms with E-state index in [0.29, 0.717) is 0 Å². The topological polar surface area (TPSA) is 128 Å². The van der Waals surface area contributed by atoms with Gasteiger partial charge in [-0.15, -0.1) is 0 Å². The summed E-state index contributed by atoms with van der Waals surface area (Å²) in [7, 11) is -3.49. The van der Waals surface area contributed by atoms with E-state index >= 15 is 0 Å². The maximum Gasteiger partial charge on any atom is 0.408 e. The molecule has 2 atom stereocenters. The van der Waals surface area contributed by atoms with Gasteiger partial charge in [-0.05, 0) is 32.3 Å². The van der Waals surface area contributed by atoms with E-state index in [9.17, 15) is 22.8 Å². The van der Waals surface area contributed by atoms with Crippen LogP contribution in [-0.2, 0) is 35.5 Å². The molecule has 0 aliphatic heterocycles. The second-order valence-corrected chi connectivity index (χ2v) is 10.9. The molecule has 2 unspecified atom stereocenters. The highest BCUT2D eigenvalue weighted by atomic mass is 32.2. The molecule has 0 heterocycles. The molecule has 2 amide bonds. The van der Waals surface area contributed by atoms with Gasteiger partial charge in [0, 0.05) is 11.7 Å². The molecule has 0 radical (unpaired) electrons. The number of hydrogen-bond acceptors (Lipinski definition) is 7. The predicted molar refractivity (Wildman–Crippen MR) is 125 cm³/mol. The van der Waals surface area contributed by atoms with Gasteiger partial charge in [0.15, 0.2) is 9.84 Å².